The molecule has 6 heterocycles. The highest BCUT2D eigenvalue weighted by atomic mass is 19.1. The number of carbonyl (C=O) groups is 4. The van der Waals surface area contributed by atoms with Crippen LogP contribution < -0.4 is 10.9 Å². The first-order chi connectivity index (χ1) is 38.7. The van der Waals surface area contributed by atoms with Crippen LogP contribution in [-0.4, -0.2) is 65.0 Å². The van der Waals surface area contributed by atoms with Crippen LogP contribution in [0.4, 0.5) is 17.6 Å². The third-order valence-electron chi connectivity index (χ3n) is 14.9. The molecule has 14 nitrogen and oxygen atoms in total. The van der Waals surface area contributed by atoms with Crippen molar-refractivity contribution in [2.24, 2.45) is 0 Å². The van der Waals surface area contributed by atoms with Crippen LogP contribution in [0.3, 0.4) is 0 Å². The maximum atomic E-state index is 14.0. The number of halogens is 4. The first kappa shape index (κ1) is 52.8. The summed E-state index contributed by atoms with van der Waals surface area (Å²) >= 11 is 0. The van der Waals surface area contributed by atoms with Crippen LogP contribution in [0.25, 0.3) is 0 Å². The topological polar surface area (TPSA) is 178 Å². The van der Waals surface area contributed by atoms with Crippen molar-refractivity contribution in [2.45, 2.75) is 75.5 Å². The van der Waals surface area contributed by atoms with Crippen molar-refractivity contribution in [3.8, 4) is 11.5 Å². The van der Waals surface area contributed by atoms with E-state index >= 15 is 0 Å². The highest BCUT2D eigenvalue weighted by Crippen LogP contribution is 2.49. The van der Waals surface area contributed by atoms with Gasteiger partial charge in [-0.15, -0.1) is 0 Å². The molecule has 0 unspecified atom stereocenters. The van der Waals surface area contributed by atoms with Gasteiger partial charge in [-0.1, -0.05) is 133 Å². The maximum absolute atomic E-state index is 14.0. The second-order valence-corrected chi connectivity index (χ2v) is 19.7. The van der Waals surface area contributed by atoms with Gasteiger partial charge in [-0.3, -0.25) is 38.6 Å². The van der Waals surface area contributed by atoms with Gasteiger partial charge >= 0.3 is 0 Å². The van der Waals surface area contributed by atoms with E-state index in [4.69, 9.17) is 9.47 Å². The number of fused-ring (bicyclic) bond motifs is 4. The van der Waals surface area contributed by atoms with Gasteiger partial charge in [-0.05, 0) is 58.4 Å². The lowest BCUT2D eigenvalue weighted by atomic mass is 9.94. The van der Waals surface area contributed by atoms with Gasteiger partial charge < -0.3 is 28.8 Å². The highest BCUT2D eigenvalue weighted by molar-refractivity contribution is 6.01. The molecule has 2 saturated heterocycles. The summed E-state index contributed by atoms with van der Waals surface area (Å²) in [5, 5.41) is 21.8. The van der Waals surface area contributed by atoms with Crippen LogP contribution in [0.5, 0.6) is 11.5 Å². The van der Waals surface area contributed by atoms with Crippen molar-refractivity contribution in [2.75, 3.05) is 0 Å². The van der Waals surface area contributed by atoms with Gasteiger partial charge in [0.25, 0.3) is 11.8 Å². The number of aryl methyl sites for hydroxylation is 2. The van der Waals surface area contributed by atoms with Crippen LogP contribution in [0.1, 0.15) is 112 Å². The molecule has 80 heavy (non-hydrogen) atoms. The standard InChI is InChI=1S/2C31H24F2N2O5/c2*32-21-13-11-18(23(33)15-21)12-14-24(36)22-16-34-17-25-35(31(39)27(34)29(38)28(22)37)26(19-7-3-1-4-8-19)30(40-25)20-9-5-2-6-10-20/h2*1-11,13,15-16,25-26,30,38H,12,14,17H2/t2*25-,26+,30-/m00/s1. The number of benzene rings is 6. The Morgan fingerprint density at radius 1 is 0.475 bits per heavy atom. The number of aromatic hydroxyl groups is 2. The minimum absolute atomic E-state index is 0.0666. The lowest BCUT2D eigenvalue weighted by Crippen LogP contribution is -2.47. The third-order valence-corrected chi connectivity index (χ3v) is 14.9. The molecule has 6 aromatic carbocycles. The molecule has 0 bridgehead atoms. The Morgan fingerprint density at radius 3 is 1.15 bits per heavy atom. The van der Waals surface area contributed by atoms with Gasteiger partial charge in [0.2, 0.25) is 10.9 Å². The van der Waals surface area contributed by atoms with Crippen LogP contribution in [-0.2, 0) is 35.4 Å². The summed E-state index contributed by atoms with van der Waals surface area (Å²) in [5.74, 6) is -7.14. The Balaban J connectivity index is 0.000000169. The molecule has 0 aliphatic carbocycles. The van der Waals surface area contributed by atoms with E-state index in [1.165, 1.54) is 33.7 Å². The van der Waals surface area contributed by atoms with Crippen molar-refractivity contribution in [1.82, 2.24) is 18.9 Å². The van der Waals surface area contributed by atoms with E-state index in [9.17, 15) is 56.5 Å². The third kappa shape index (κ3) is 9.87. The van der Waals surface area contributed by atoms with Crippen LogP contribution in [0.15, 0.2) is 180 Å². The number of hydrogen-bond acceptors (Lipinski definition) is 10. The fourth-order valence-corrected chi connectivity index (χ4v) is 11.1. The average molecular weight is 1090 g/mol. The first-order valence-corrected chi connectivity index (χ1v) is 25.7. The molecular formula is C62H48F4N4O10. The number of nitrogens with zero attached hydrogens (tertiary/aromatic N) is 4. The second-order valence-electron chi connectivity index (χ2n) is 19.7. The zero-order valence-electron chi connectivity index (χ0n) is 42.3. The number of pyridine rings is 2. The molecule has 8 aromatic rings. The Bertz CT molecular complexity index is 3600. The molecule has 2 amide bonds. The lowest BCUT2D eigenvalue weighted by Gasteiger charge is -2.35. The van der Waals surface area contributed by atoms with Crippen LogP contribution in [0, 0.1) is 23.3 Å². The van der Waals surface area contributed by atoms with Gasteiger partial charge in [-0.25, -0.2) is 17.6 Å². The molecule has 2 fully saturated rings. The maximum Gasteiger partial charge on any atom is 0.277 e. The largest absolute Gasteiger partial charge is 0.503 e. The zero-order chi connectivity index (χ0) is 55.9. The minimum atomic E-state index is -0.974. The van der Waals surface area contributed by atoms with Crippen molar-refractivity contribution in [3.05, 3.63) is 270 Å². The lowest BCUT2D eigenvalue weighted by molar-refractivity contribution is -0.0159. The van der Waals surface area contributed by atoms with E-state index in [0.717, 1.165) is 46.5 Å². The number of ether oxygens (including phenoxy) is 2. The molecule has 0 radical (unpaired) electrons. The minimum Gasteiger partial charge on any atom is -0.503 e. The van der Waals surface area contributed by atoms with E-state index < -0.39 is 106 Å². The molecule has 4 aliphatic rings. The molecule has 0 saturated carbocycles. The molecule has 2 aromatic heterocycles. The predicted octanol–water partition coefficient (Wildman–Crippen LogP) is 9.88. The van der Waals surface area contributed by atoms with Crippen molar-refractivity contribution < 1.29 is 56.4 Å². The number of amides is 2. The average Bonchev–Trinajstić information content (AvgIpc) is 4.18. The van der Waals surface area contributed by atoms with Gasteiger partial charge in [0, 0.05) is 37.4 Å². The molecule has 18 heteroatoms. The zero-order valence-corrected chi connectivity index (χ0v) is 42.3. The number of rotatable bonds is 12. The van der Waals surface area contributed by atoms with Gasteiger partial charge in [0.05, 0.1) is 36.3 Å². The number of hydrogen-bond donors (Lipinski definition) is 2. The van der Waals surface area contributed by atoms with Crippen molar-refractivity contribution in [1.29, 1.82) is 0 Å². The van der Waals surface area contributed by atoms with Crippen LogP contribution in [0.2, 0.25) is 0 Å². The summed E-state index contributed by atoms with van der Waals surface area (Å²) in [7, 11) is 0. The quantitative estimate of drug-likeness (QED) is 0.0884. The summed E-state index contributed by atoms with van der Waals surface area (Å²) in [6.45, 7) is 0.156. The van der Waals surface area contributed by atoms with Gasteiger partial charge in [0.15, 0.2) is 46.9 Å². The summed E-state index contributed by atoms with van der Waals surface area (Å²) < 4.78 is 70.1. The fourth-order valence-electron chi connectivity index (χ4n) is 11.1. The molecule has 2 N–H and O–H groups in total. The molecule has 4 aliphatic heterocycles. The monoisotopic (exact) mass is 1080 g/mol. The first-order valence-electron chi connectivity index (χ1n) is 25.7. The number of ketones is 2. The predicted molar refractivity (Wildman–Crippen MR) is 282 cm³/mol. The van der Waals surface area contributed by atoms with E-state index in [-0.39, 0.29) is 72.4 Å². The van der Waals surface area contributed by atoms with E-state index in [2.05, 4.69) is 0 Å². The molecule has 12 rings (SSSR count). The summed E-state index contributed by atoms with van der Waals surface area (Å²) in [6, 6.07) is 42.8. The fraction of sp³-hybridized carbons (Fsp3) is 0.194. The molecule has 6 atom stereocenters. The molecule has 0 spiro atoms. The summed E-state index contributed by atoms with van der Waals surface area (Å²) in [6.07, 6.45) is -0.584. The summed E-state index contributed by atoms with van der Waals surface area (Å²) in [4.78, 5) is 82.9. The van der Waals surface area contributed by atoms with E-state index in [0.29, 0.717) is 0 Å². The van der Waals surface area contributed by atoms with Gasteiger partial charge in [0.1, 0.15) is 35.5 Å². The normalized spacial score (nSPS) is 19.8. The number of aromatic nitrogens is 2. The Hall–Kier alpha value is -9.26. The van der Waals surface area contributed by atoms with E-state index in [1.807, 2.05) is 121 Å². The Kier molecular flexibility index (Phi) is 14.4. The SMILES string of the molecule is O=C(CCc1ccc(F)cc1F)c1cn2c(c(O)c1=O)C(=O)N1[C@H](C2)O[C@@H](c2ccccc2)[C@H]1c1ccccc1.O=C(CCc1ccc(F)cc1F)c1cn2c(c(O)c1=O)C(=O)N1[C@H](C2)O[C@@H](c2ccccc2)[C@H]1c1ccccc1. The molecule has 404 valence electrons. The molecular weight excluding hydrogens is 1040 g/mol. The number of carbonyl (C=O) groups excluding carboxylic acids is 4. The van der Waals surface area contributed by atoms with Crippen molar-refractivity contribution in [3.63, 3.8) is 0 Å². The second kappa shape index (κ2) is 21.9. The Morgan fingerprint density at radius 2 is 0.812 bits per heavy atom. The highest BCUT2D eigenvalue weighted by Gasteiger charge is 2.52. The van der Waals surface area contributed by atoms with Crippen LogP contribution >= 0.6 is 0 Å². The van der Waals surface area contributed by atoms with Crippen molar-refractivity contribution >= 4 is 23.4 Å². The van der Waals surface area contributed by atoms with E-state index in [1.54, 1.807) is 9.80 Å². The number of Topliss-reactive ketones (excluding diaryl/α,β-unsaturated/α-hetero) is 2. The van der Waals surface area contributed by atoms with Gasteiger partial charge in [-0.2, -0.15) is 0 Å². The Labute approximate surface area is 453 Å². The smallest absolute Gasteiger partial charge is 0.277 e. The summed E-state index contributed by atoms with van der Waals surface area (Å²) in [5.41, 5.74) is 0.630.